The molecule has 0 unspecified atom stereocenters. The van der Waals surface area contributed by atoms with Crippen LogP contribution in [0.5, 0.6) is 0 Å². The van der Waals surface area contributed by atoms with Crippen LogP contribution in [-0.4, -0.2) is 24.7 Å². The van der Waals surface area contributed by atoms with Gasteiger partial charge in [0.15, 0.2) is 0 Å². The minimum atomic E-state index is -4.43. The van der Waals surface area contributed by atoms with E-state index in [2.05, 4.69) is 10.3 Å². The number of pyridine rings is 1. The third-order valence-corrected chi connectivity index (χ3v) is 2.54. The Bertz CT molecular complexity index is 425. The minimum Gasteiger partial charge on any atom is -0.381 e. The van der Waals surface area contributed by atoms with Crippen molar-refractivity contribution in [2.75, 3.05) is 25.1 Å². The Morgan fingerprint density at radius 3 is 2.65 bits per heavy atom. The van der Waals surface area contributed by atoms with Gasteiger partial charge < -0.3 is 10.1 Å². The van der Waals surface area contributed by atoms with Crippen LogP contribution in [0.2, 0.25) is 5.15 Å². The third kappa shape index (κ3) is 6.43. The van der Waals surface area contributed by atoms with Crippen molar-refractivity contribution >= 4 is 17.4 Å². The smallest absolute Gasteiger partial charge is 0.381 e. The maximum absolute atomic E-state index is 12.6. The summed E-state index contributed by atoms with van der Waals surface area (Å²) in [7, 11) is 0. The average molecular weight is 311 g/mol. The van der Waals surface area contributed by atoms with Crippen molar-refractivity contribution in [2.24, 2.45) is 5.92 Å². The van der Waals surface area contributed by atoms with E-state index >= 15 is 0 Å². The summed E-state index contributed by atoms with van der Waals surface area (Å²) in [6.45, 7) is 5.80. The molecule has 0 aliphatic heterocycles. The monoisotopic (exact) mass is 310 g/mol. The van der Waals surface area contributed by atoms with Crippen LogP contribution in [0.25, 0.3) is 0 Å². The lowest BCUT2D eigenvalue weighted by Crippen LogP contribution is -2.11. The largest absolute Gasteiger partial charge is 0.416 e. The summed E-state index contributed by atoms with van der Waals surface area (Å²) >= 11 is 5.58. The summed E-state index contributed by atoms with van der Waals surface area (Å²) in [5.41, 5.74) is -0.809. The first-order valence-corrected chi connectivity index (χ1v) is 6.73. The van der Waals surface area contributed by atoms with Crippen molar-refractivity contribution in [2.45, 2.75) is 26.4 Å². The highest BCUT2D eigenvalue weighted by atomic mass is 35.5. The molecule has 20 heavy (non-hydrogen) atoms. The van der Waals surface area contributed by atoms with E-state index in [9.17, 15) is 13.2 Å². The molecule has 1 aromatic heterocycles. The van der Waals surface area contributed by atoms with Crippen LogP contribution >= 0.6 is 11.6 Å². The van der Waals surface area contributed by atoms with Crippen molar-refractivity contribution in [3.8, 4) is 0 Å². The van der Waals surface area contributed by atoms with Crippen LogP contribution in [0, 0.1) is 5.92 Å². The van der Waals surface area contributed by atoms with E-state index in [1.54, 1.807) is 0 Å². The number of ether oxygens (including phenoxy) is 1. The second-order valence-corrected chi connectivity index (χ2v) is 5.20. The average Bonchev–Trinajstić information content (AvgIpc) is 2.31. The second-order valence-electron chi connectivity index (χ2n) is 4.81. The Morgan fingerprint density at radius 2 is 2.05 bits per heavy atom. The zero-order chi connectivity index (χ0) is 15.2. The molecule has 0 bridgehead atoms. The van der Waals surface area contributed by atoms with Crippen LogP contribution in [0.3, 0.4) is 0 Å². The first-order valence-electron chi connectivity index (χ1n) is 6.35. The summed E-state index contributed by atoms with van der Waals surface area (Å²) in [6, 6.07) is 1.75. The number of halogens is 4. The Hall–Kier alpha value is -1.01. The van der Waals surface area contributed by atoms with Crippen LogP contribution in [0.4, 0.5) is 19.0 Å². The Morgan fingerprint density at radius 1 is 1.35 bits per heavy atom. The molecule has 0 spiro atoms. The number of hydrogen-bond donors (Lipinski definition) is 1. The second kappa shape index (κ2) is 7.69. The Kier molecular flexibility index (Phi) is 6.55. The van der Waals surface area contributed by atoms with Gasteiger partial charge in [0.1, 0.15) is 11.0 Å². The molecule has 1 N–H and O–H groups in total. The molecule has 0 aromatic carbocycles. The molecular weight excluding hydrogens is 293 g/mol. The zero-order valence-electron chi connectivity index (χ0n) is 11.4. The van der Waals surface area contributed by atoms with Crippen molar-refractivity contribution in [3.63, 3.8) is 0 Å². The summed E-state index contributed by atoms with van der Waals surface area (Å²) in [4.78, 5) is 3.81. The molecule has 1 heterocycles. The van der Waals surface area contributed by atoms with Gasteiger partial charge in [-0.2, -0.15) is 13.2 Å². The van der Waals surface area contributed by atoms with E-state index < -0.39 is 11.7 Å². The number of hydrogen-bond acceptors (Lipinski definition) is 3. The highest BCUT2D eigenvalue weighted by Gasteiger charge is 2.31. The SMILES string of the molecule is CC(C)COCCCNc1cc(C(F)(F)F)cc(Cl)n1. The minimum absolute atomic E-state index is 0.119. The highest BCUT2D eigenvalue weighted by molar-refractivity contribution is 6.29. The van der Waals surface area contributed by atoms with E-state index in [4.69, 9.17) is 16.3 Å². The summed E-state index contributed by atoms with van der Waals surface area (Å²) in [5.74, 6) is 0.584. The first kappa shape index (κ1) is 17.0. The number of rotatable bonds is 7. The quantitative estimate of drug-likeness (QED) is 0.604. The molecule has 3 nitrogen and oxygen atoms in total. The normalized spacial score (nSPS) is 11.9. The van der Waals surface area contributed by atoms with E-state index in [-0.39, 0.29) is 11.0 Å². The van der Waals surface area contributed by atoms with Crippen LogP contribution in [0.15, 0.2) is 12.1 Å². The molecule has 0 atom stereocenters. The number of anilines is 1. The first-order chi connectivity index (χ1) is 9.29. The summed E-state index contributed by atoms with van der Waals surface area (Å²) in [5, 5.41) is 2.63. The van der Waals surface area contributed by atoms with Gasteiger partial charge in [0, 0.05) is 19.8 Å². The van der Waals surface area contributed by atoms with Gasteiger partial charge in [-0.3, -0.25) is 0 Å². The molecule has 0 saturated carbocycles. The molecule has 114 valence electrons. The van der Waals surface area contributed by atoms with Crippen molar-refractivity contribution in [3.05, 3.63) is 22.8 Å². The van der Waals surface area contributed by atoms with Gasteiger partial charge in [0.05, 0.1) is 5.56 Å². The van der Waals surface area contributed by atoms with Gasteiger partial charge >= 0.3 is 6.18 Å². The molecular formula is C13H18ClF3N2O. The molecule has 0 fully saturated rings. The van der Waals surface area contributed by atoms with Gasteiger partial charge in [-0.05, 0) is 24.5 Å². The van der Waals surface area contributed by atoms with Crippen LogP contribution < -0.4 is 5.32 Å². The fraction of sp³-hybridized carbons (Fsp3) is 0.615. The van der Waals surface area contributed by atoms with Crippen molar-refractivity contribution < 1.29 is 17.9 Å². The maximum Gasteiger partial charge on any atom is 0.416 e. The molecule has 0 aliphatic carbocycles. The van der Waals surface area contributed by atoms with Crippen molar-refractivity contribution in [1.29, 1.82) is 0 Å². The standard InChI is InChI=1S/C13H18ClF3N2O/c1-9(2)8-20-5-3-4-18-12-7-10(13(15,16)17)6-11(14)19-12/h6-7,9H,3-5,8H2,1-2H3,(H,18,19). The molecule has 0 amide bonds. The van der Waals surface area contributed by atoms with Gasteiger partial charge in [0.25, 0.3) is 0 Å². The lowest BCUT2D eigenvalue weighted by molar-refractivity contribution is -0.137. The van der Waals surface area contributed by atoms with E-state index in [0.717, 1.165) is 12.1 Å². The Balaban J connectivity index is 2.42. The van der Waals surface area contributed by atoms with E-state index in [1.807, 2.05) is 13.8 Å². The molecule has 0 radical (unpaired) electrons. The van der Waals surface area contributed by atoms with Crippen LogP contribution in [0.1, 0.15) is 25.8 Å². The summed E-state index contributed by atoms with van der Waals surface area (Å²) < 4.78 is 43.1. The maximum atomic E-state index is 12.6. The van der Waals surface area contributed by atoms with Gasteiger partial charge in [-0.1, -0.05) is 25.4 Å². The Labute approximate surface area is 121 Å². The van der Waals surface area contributed by atoms with E-state index in [0.29, 0.717) is 32.1 Å². The number of alkyl halides is 3. The highest BCUT2D eigenvalue weighted by Crippen LogP contribution is 2.31. The van der Waals surface area contributed by atoms with Gasteiger partial charge in [0.2, 0.25) is 0 Å². The third-order valence-electron chi connectivity index (χ3n) is 2.34. The van der Waals surface area contributed by atoms with Gasteiger partial charge in [-0.15, -0.1) is 0 Å². The molecule has 1 rings (SSSR count). The molecule has 1 aromatic rings. The van der Waals surface area contributed by atoms with Crippen molar-refractivity contribution in [1.82, 2.24) is 4.98 Å². The van der Waals surface area contributed by atoms with Crippen LogP contribution in [-0.2, 0) is 10.9 Å². The fourth-order valence-electron chi connectivity index (χ4n) is 1.46. The number of nitrogens with one attached hydrogen (secondary N) is 1. The topological polar surface area (TPSA) is 34.1 Å². The van der Waals surface area contributed by atoms with E-state index in [1.165, 1.54) is 0 Å². The lowest BCUT2D eigenvalue weighted by Gasteiger charge is -2.11. The number of aromatic nitrogens is 1. The summed E-state index contributed by atoms with van der Waals surface area (Å²) in [6.07, 6.45) is -3.74. The molecule has 0 saturated heterocycles. The predicted octanol–water partition coefficient (Wildman–Crippen LogP) is 4.23. The number of nitrogens with zero attached hydrogens (tertiary/aromatic N) is 1. The molecule has 0 aliphatic rings. The predicted molar refractivity (Wildman–Crippen MR) is 73.0 cm³/mol. The zero-order valence-corrected chi connectivity index (χ0v) is 12.2. The molecule has 7 heteroatoms. The van der Waals surface area contributed by atoms with Gasteiger partial charge in [-0.25, -0.2) is 4.98 Å². The lowest BCUT2D eigenvalue weighted by atomic mass is 10.2. The fourth-order valence-corrected chi connectivity index (χ4v) is 1.67.